The van der Waals surface area contributed by atoms with E-state index in [0.717, 1.165) is 0 Å². The summed E-state index contributed by atoms with van der Waals surface area (Å²) < 4.78 is 9.62. The van der Waals surface area contributed by atoms with Crippen molar-refractivity contribution in [1.82, 2.24) is 0 Å². The van der Waals surface area contributed by atoms with Gasteiger partial charge in [-0.2, -0.15) is 0 Å². The highest BCUT2D eigenvalue weighted by molar-refractivity contribution is 7.24. The minimum Gasteiger partial charge on any atom is -0.481 e. The molecule has 0 radical (unpaired) electrons. The number of aliphatic hydroxyl groups is 3. The van der Waals surface area contributed by atoms with Crippen LogP contribution in [0.15, 0.2) is 12.0 Å². The first-order valence-corrected chi connectivity index (χ1v) is 2.65. The minimum atomic E-state index is -1.32. The van der Waals surface area contributed by atoms with Gasteiger partial charge in [-0.05, 0) is 0 Å². The molecule has 0 spiro atoms. The van der Waals surface area contributed by atoms with Gasteiger partial charge in [-0.1, -0.05) is 0 Å². The van der Waals surface area contributed by atoms with Crippen molar-refractivity contribution in [2.24, 2.45) is 0 Å². The third-order valence-corrected chi connectivity index (χ3v) is 0.771. The molecule has 4 nitrogen and oxygen atoms in total. The standard InChI is InChI=1S/C3H5O4P/c4-2(5)1-3(6)8-7/h1,3-6H. The molecule has 0 bridgehead atoms. The van der Waals surface area contributed by atoms with E-state index in [0.29, 0.717) is 6.08 Å². The first-order chi connectivity index (χ1) is 3.66. The van der Waals surface area contributed by atoms with Crippen molar-refractivity contribution in [3.8, 4) is 0 Å². The molecule has 0 saturated heterocycles. The topological polar surface area (TPSA) is 77.8 Å². The summed E-state index contributed by atoms with van der Waals surface area (Å²) >= 11 is 0. The summed E-state index contributed by atoms with van der Waals surface area (Å²) in [6.45, 7) is 0. The van der Waals surface area contributed by atoms with Crippen LogP contribution in [0.25, 0.3) is 0 Å². The molecular formula is C3H5O4P. The zero-order valence-electron chi connectivity index (χ0n) is 3.85. The Labute approximate surface area is 47.3 Å². The van der Waals surface area contributed by atoms with Crippen LogP contribution in [0.1, 0.15) is 0 Å². The van der Waals surface area contributed by atoms with Gasteiger partial charge in [0, 0.05) is 6.08 Å². The summed E-state index contributed by atoms with van der Waals surface area (Å²) in [5.41, 5.74) is 0. The lowest BCUT2D eigenvalue weighted by molar-refractivity contribution is 0.180. The molecular weight excluding hydrogens is 131 g/mol. The van der Waals surface area contributed by atoms with Gasteiger partial charge in [-0.25, -0.2) is 0 Å². The zero-order valence-corrected chi connectivity index (χ0v) is 4.75. The van der Waals surface area contributed by atoms with Crippen molar-refractivity contribution in [3.05, 3.63) is 12.0 Å². The maximum absolute atomic E-state index is 9.62. The summed E-state index contributed by atoms with van der Waals surface area (Å²) in [7, 11) is -0.552. The fraction of sp³-hybridized carbons (Fsp3) is 0.333. The Hall–Kier alpha value is -0.600. The normalized spacial score (nSPS) is 13.1. The van der Waals surface area contributed by atoms with Crippen LogP contribution < -0.4 is 0 Å². The molecule has 0 aromatic carbocycles. The molecule has 3 N–H and O–H groups in total. The van der Waals surface area contributed by atoms with E-state index in [2.05, 4.69) is 0 Å². The molecule has 0 heterocycles. The lowest BCUT2D eigenvalue weighted by Crippen LogP contribution is -1.91. The predicted octanol–water partition coefficient (Wildman–Crippen LogP) is 0.554. The van der Waals surface area contributed by atoms with Gasteiger partial charge in [0.25, 0.3) is 5.95 Å². The summed E-state index contributed by atoms with van der Waals surface area (Å²) in [6, 6.07) is 0. The van der Waals surface area contributed by atoms with Crippen LogP contribution in [0.5, 0.6) is 0 Å². The molecule has 5 heteroatoms. The monoisotopic (exact) mass is 136 g/mol. The van der Waals surface area contributed by atoms with E-state index in [1.54, 1.807) is 0 Å². The van der Waals surface area contributed by atoms with Crippen LogP contribution in [0.2, 0.25) is 0 Å². The largest absolute Gasteiger partial charge is 0.481 e. The molecule has 0 aliphatic carbocycles. The van der Waals surface area contributed by atoms with E-state index < -0.39 is 20.3 Å². The molecule has 46 valence electrons. The Morgan fingerprint density at radius 1 is 1.62 bits per heavy atom. The van der Waals surface area contributed by atoms with Gasteiger partial charge in [0.2, 0.25) is 0 Å². The van der Waals surface area contributed by atoms with Crippen molar-refractivity contribution in [3.63, 3.8) is 0 Å². The molecule has 0 aliphatic heterocycles. The van der Waals surface area contributed by atoms with E-state index in [-0.39, 0.29) is 0 Å². The predicted molar refractivity (Wildman–Crippen MR) is 27.0 cm³/mol. The fourth-order valence-corrected chi connectivity index (χ4v) is 0.358. The van der Waals surface area contributed by atoms with Crippen LogP contribution in [0, 0.1) is 0 Å². The third-order valence-electron chi connectivity index (χ3n) is 0.406. The lowest BCUT2D eigenvalue weighted by Gasteiger charge is -1.88. The van der Waals surface area contributed by atoms with Crippen molar-refractivity contribution in [2.75, 3.05) is 0 Å². The Balaban J connectivity index is 3.68. The van der Waals surface area contributed by atoms with Crippen LogP contribution in [0.4, 0.5) is 0 Å². The average molecular weight is 136 g/mol. The van der Waals surface area contributed by atoms with E-state index in [1.165, 1.54) is 0 Å². The summed E-state index contributed by atoms with van der Waals surface area (Å²) in [4.78, 5) is 0. The molecule has 1 unspecified atom stereocenters. The summed E-state index contributed by atoms with van der Waals surface area (Å²) in [6.07, 6.45) is 0.647. The van der Waals surface area contributed by atoms with Gasteiger partial charge in [0.05, 0.1) is 0 Å². The van der Waals surface area contributed by atoms with Crippen molar-refractivity contribution >= 4 is 8.46 Å². The summed E-state index contributed by atoms with van der Waals surface area (Å²) in [5, 5.41) is 24.2. The molecule has 0 amide bonds. The van der Waals surface area contributed by atoms with Crippen LogP contribution in [-0.2, 0) is 4.57 Å². The van der Waals surface area contributed by atoms with Crippen molar-refractivity contribution in [2.45, 2.75) is 5.85 Å². The minimum absolute atomic E-state index is 0.552. The molecule has 0 aromatic rings. The summed E-state index contributed by atoms with van der Waals surface area (Å²) in [5.74, 6) is -2.35. The quantitative estimate of drug-likeness (QED) is 0.382. The van der Waals surface area contributed by atoms with Gasteiger partial charge in [0.15, 0.2) is 14.3 Å². The molecule has 0 fully saturated rings. The maximum Gasteiger partial charge on any atom is 0.273 e. The third kappa shape index (κ3) is 3.59. The van der Waals surface area contributed by atoms with Gasteiger partial charge in [0.1, 0.15) is 0 Å². The maximum atomic E-state index is 9.62. The first-order valence-electron chi connectivity index (χ1n) is 1.77. The Kier molecular flexibility index (Phi) is 3.15. The number of hydrogen-bond donors (Lipinski definition) is 3. The molecule has 0 rings (SSSR count). The Bertz CT molecular complexity index is 106. The first kappa shape index (κ1) is 7.40. The highest BCUT2D eigenvalue weighted by atomic mass is 31.1. The van der Waals surface area contributed by atoms with Crippen molar-refractivity contribution in [1.29, 1.82) is 0 Å². The van der Waals surface area contributed by atoms with Gasteiger partial charge in [-0.3, -0.25) is 4.57 Å². The lowest BCUT2D eigenvalue weighted by atomic mass is 10.6. The van der Waals surface area contributed by atoms with E-state index in [9.17, 15) is 4.57 Å². The van der Waals surface area contributed by atoms with Gasteiger partial charge in [-0.15, -0.1) is 0 Å². The highest BCUT2D eigenvalue weighted by Gasteiger charge is 1.97. The molecule has 0 aliphatic rings. The fourth-order valence-electron chi connectivity index (χ4n) is 0.164. The van der Waals surface area contributed by atoms with E-state index in [4.69, 9.17) is 15.3 Å². The highest BCUT2D eigenvalue weighted by Crippen LogP contribution is 2.03. The smallest absolute Gasteiger partial charge is 0.273 e. The van der Waals surface area contributed by atoms with Gasteiger partial charge < -0.3 is 15.3 Å². The SMILES string of the molecule is O=PC(O)C=C(O)O. The Morgan fingerprint density at radius 3 is 2.25 bits per heavy atom. The van der Waals surface area contributed by atoms with Crippen molar-refractivity contribution < 1.29 is 19.9 Å². The van der Waals surface area contributed by atoms with Crippen LogP contribution in [0.3, 0.4) is 0 Å². The number of hydrogen-bond acceptors (Lipinski definition) is 4. The van der Waals surface area contributed by atoms with Crippen LogP contribution in [-0.4, -0.2) is 21.2 Å². The molecule has 0 saturated carbocycles. The average Bonchev–Trinajstić information content (AvgIpc) is 1.65. The second-order valence-corrected chi connectivity index (χ2v) is 1.78. The van der Waals surface area contributed by atoms with E-state index >= 15 is 0 Å². The van der Waals surface area contributed by atoms with Gasteiger partial charge >= 0.3 is 0 Å². The number of rotatable bonds is 2. The molecule has 8 heavy (non-hydrogen) atoms. The van der Waals surface area contributed by atoms with Crippen LogP contribution >= 0.6 is 8.46 Å². The molecule has 0 aromatic heterocycles. The zero-order chi connectivity index (χ0) is 6.57. The molecule has 1 atom stereocenters. The second-order valence-electron chi connectivity index (χ2n) is 1.04. The Morgan fingerprint density at radius 2 is 2.12 bits per heavy atom. The number of aliphatic hydroxyl groups excluding tert-OH is 2. The second kappa shape index (κ2) is 3.41. The van der Waals surface area contributed by atoms with E-state index in [1.807, 2.05) is 0 Å².